The fraction of sp³-hybridized carbons (Fsp3) is 0.500. The Morgan fingerprint density at radius 1 is 1.60 bits per heavy atom. The zero-order chi connectivity index (χ0) is 11.3. The van der Waals surface area contributed by atoms with Crippen LogP contribution in [0.4, 0.5) is 5.69 Å². The van der Waals surface area contributed by atoms with E-state index in [4.69, 9.17) is 4.74 Å². The third-order valence-electron chi connectivity index (χ3n) is 1.74. The largest absolute Gasteiger partial charge is 0.479 e. The first-order valence-corrected chi connectivity index (χ1v) is 4.77. The Morgan fingerprint density at radius 3 is 2.93 bits per heavy atom. The van der Waals surface area contributed by atoms with E-state index >= 15 is 0 Å². The second kappa shape index (κ2) is 5.29. The summed E-state index contributed by atoms with van der Waals surface area (Å²) in [7, 11) is 1.50. The van der Waals surface area contributed by atoms with E-state index < -0.39 is 0 Å². The number of methoxy groups -OCH3 is 1. The normalized spacial score (nSPS) is 10.1. The van der Waals surface area contributed by atoms with Crippen LogP contribution in [0.2, 0.25) is 0 Å². The molecule has 0 aliphatic rings. The zero-order valence-corrected chi connectivity index (χ0v) is 9.15. The van der Waals surface area contributed by atoms with Gasteiger partial charge in [0.15, 0.2) is 0 Å². The minimum atomic E-state index is -0.0573. The van der Waals surface area contributed by atoms with Crippen LogP contribution in [0.1, 0.15) is 20.3 Å². The molecule has 0 aliphatic heterocycles. The summed E-state index contributed by atoms with van der Waals surface area (Å²) in [5.74, 6) is 0.640. The summed E-state index contributed by atoms with van der Waals surface area (Å²) in [6, 6.07) is 0. The van der Waals surface area contributed by atoms with Crippen molar-refractivity contribution in [2.45, 2.75) is 20.3 Å². The van der Waals surface area contributed by atoms with Gasteiger partial charge in [0.2, 0.25) is 11.8 Å². The van der Waals surface area contributed by atoms with Gasteiger partial charge in [0.1, 0.15) is 12.0 Å². The van der Waals surface area contributed by atoms with Crippen molar-refractivity contribution in [1.82, 2.24) is 9.97 Å². The Morgan fingerprint density at radius 2 is 2.33 bits per heavy atom. The molecule has 1 N–H and O–H groups in total. The van der Waals surface area contributed by atoms with Crippen molar-refractivity contribution in [2.24, 2.45) is 5.92 Å². The molecular weight excluding hydrogens is 194 g/mol. The van der Waals surface area contributed by atoms with Crippen LogP contribution in [0.15, 0.2) is 12.5 Å². The number of ether oxygens (including phenoxy) is 1. The van der Waals surface area contributed by atoms with E-state index in [0.717, 1.165) is 0 Å². The number of carbonyl (C=O) groups is 1. The van der Waals surface area contributed by atoms with Gasteiger partial charge in [-0.2, -0.15) is 4.98 Å². The van der Waals surface area contributed by atoms with Gasteiger partial charge in [-0.3, -0.25) is 4.79 Å². The number of anilines is 1. The van der Waals surface area contributed by atoms with E-state index in [0.29, 0.717) is 23.9 Å². The first kappa shape index (κ1) is 11.4. The van der Waals surface area contributed by atoms with Crippen molar-refractivity contribution in [3.05, 3.63) is 12.5 Å². The molecule has 0 saturated heterocycles. The lowest BCUT2D eigenvalue weighted by atomic mass is 10.1. The van der Waals surface area contributed by atoms with Crippen LogP contribution in [0, 0.1) is 5.92 Å². The lowest BCUT2D eigenvalue weighted by molar-refractivity contribution is -0.116. The number of nitrogens with one attached hydrogen (secondary N) is 1. The quantitative estimate of drug-likeness (QED) is 0.815. The van der Waals surface area contributed by atoms with Crippen molar-refractivity contribution in [2.75, 3.05) is 12.4 Å². The molecule has 0 spiro atoms. The maximum absolute atomic E-state index is 11.5. The van der Waals surface area contributed by atoms with Crippen LogP contribution in [-0.2, 0) is 4.79 Å². The number of aromatic nitrogens is 2. The summed E-state index contributed by atoms with van der Waals surface area (Å²) in [6.07, 6.45) is 3.36. The van der Waals surface area contributed by atoms with Crippen molar-refractivity contribution in [1.29, 1.82) is 0 Å². The molecule has 82 valence electrons. The molecule has 15 heavy (non-hydrogen) atoms. The first-order chi connectivity index (χ1) is 7.13. The summed E-state index contributed by atoms with van der Waals surface area (Å²) >= 11 is 0. The SMILES string of the molecule is COc1ncncc1NC(=O)CC(C)C. The molecule has 5 nitrogen and oxygen atoms in total. The molecule has 1 amide bonds. The molecular formula is C10H15N3O2. The van der Waals surface area contributed by atoms with Crippen molar-refractivity contribution in [3.8, 4) is 5.88 Å². The zero-order valence-electron chi connectivity index (χ0n) is 9.15. The Bertz CT molecular complexity index is 339. The average Bonchev–Trinajstić information content (AvgIpc) is 2.17. The molecule has 0 radical (unpaired) electrons. The maximum atomic E-state index is 11.5. The van der Waals surface area contributed by atoms with Crippen LogP contribution in [0.3, 0.4) is 0 Å². The second-order valence-corrected chi connectivity index (χ2v) is 3.59. The highest BCUT2D eigenvalue weighted by molar-refractivity contribution is 5.91. The van der Waals surface area contributed by atoms with E-state index in [2.05, 4.69) is 15.3 Å². The van der Waals surface area contributed by atoms with Gasteiger partial charge in [0, 0.05) is 6.42 Å². The molecule has 1 rings (SSSR count). The fourth-order valence-electron chi connectivity index (χ4n) is 1.14. The molecule has 1 aromatic rings. The first-order valence-electron chi connectivity index (χ1n) is 4.77. The molecule has 0 aliphatic carbocycles. The summed E-state index contributed by atoms with van der Waals surface area (Å²) in [4.78, 5) is 19.2. The van der Waals surface area contributed by atoms with Gasteiger partial charge in [0.05, 0.1) is 13.3 Å². The van der Waals surface area contributed by atoms with Gasteiger partial charge in [0.25, 0.3) is 0 Å². The van der Waals surface area contributed by atoms with Gasteiger partial charge in [-0.25, -0.2) is 4.98 Å². The average molecular weight is 209 g/mol. The molecule has 0 saturated carbocycles. The fourth-order valence-corrected chi connectivity index (χ4v) is 1.14. The lowest BCUT2D eigenvalue weighted by Gasteiger charge is -2.08. The van der Waals surface area contributed by atoms with E-state index in [1.54, 1.807) is 0 Å². The van der Waals surface area contributed by atoms with Crippen molar-refractivity contribution >= 4 is 11.6 Å². The van der Waals surface area contributed by atoms with Crippen LogP contribution in [0.25, 0.3) is 0 Å². The molecule has 0 unspecified atom stereocenters. The number of hydrogen-bond donors (Lipinski definition) is 1. The predicted molar refractivity (Wildman–Crippen MR) is 56.7 cm³/mol. The molecule has 0 fully saturated rings. The molecule has 0 atom stereocenters. The van der Waals surface area contributed by atoms with Crippen molar-refractivity contribution in [3.63, 3.8) is 0 Å². The van der Waals surface area contributed by atoms with Crippen LogP contribution in [0.5, 0.6) is 5.88 Å². The smallest absolute Gasteiger partial charge is 0.240 e. The summed E-state index contributed by atoms with van der Waals surface area (Å²) < 4.78 is 4.99. The van der Waals surface area contributed by atoms with Crippen LogP contribution >= 0.6 is 0 Å². The Hall–Kier alpha value is -1.65. The highest BCUT2D eigenvalue weighted by Crippen LogP contribution is 2.18. The van der Waals surface area contributed by atoms with Gasteiger partial charge in [-0.05, 0) is 5.92 Å². The Balaban J connectivity index is 2.67. The Kier molecular flexibility index (Phi) is 4.03. The van der Waals surface area contributed by atoms with E-state index in [9.17, 15) is 4.79 Å². The second-order valence-electron chi connectivity index (χ2n) is 3.59. The third kappa shape index (κ3) is 3.53. The van der Waals surface area contributed by atoms with Crippen molar-refractivity contribution < 1.29 is 9.53 Å². The molecule has 0 bridgehead atoms. The predicted octanol–water partition coefficient (Wildman–Crippen LogP) is 1.47. The Labute approximate surface area is 88.9 Å². The monoisotopic (exact) mass is 209 g/mol. The van der Waals surface area contributed by atoms with Gasteiger partial charge in [-0.15, -0.1) is 0 Å². The molecule has 1 heterocycles. The lowest BCUT2D eigenvalue weighted by Crippen LogP contribution is -2.15. The number of hydrogen-bond acceptors (Lipinski definition) is 4. The van der Waals surface area contributed by atoms with Gasteiger partial charge >= 0.3 is 0 Å². The third-order valence-corrected chi connectivity index (χ3v) is 1.74. The topological polar surface area (TPSA) is 64.1 Å². The minimum Gasteiger partial charge on any atom is -0.479 e. The van der Waals surface area contributed by atoms with Crippen LogP contribution < -0.4 is 10.1 Å². The van der Waals surface area contributed by atoms with E-state index in [-0.39, 0.29) is 5.91 Å². The number of nitrogens with zero attached hydrogens (tertiary/aromatic N) is 2. The van der Waals surface area contributed by atoms with Gasteiger partial charge < -0.3 is 10.1 Å². The molecule has 1 aromatic heterocycles. The number of carbonyl (C=O) groups excluding carboxylic acids is 1. The number of rotatable bonds is 4. The standard InChI is InChI=1S/C10H15N3O2/c1-7(2)4-9(14)13-8-5-11-6-12-10(8)15-3/h5-7H,4H2,1-3H3,(H,13,14). The van der Waals surface area contributed by atoms with E-state index in [1.807, 2.05) is 13.8 Å². The highest BCUT2D eigenvalue weighted by atomic mass is 16.5. The summed E-state index contributed by atoms with van der Waals surface area (Å²) in [6.45, 7) is 3.97. The minimum absolute atomic E-state index is 0.0573. The molecule has 5 heteroatoms. The van der Waals surface area contributed by atoms with Crippen LogP contribution in [-0.4, -0.2) is 23.0 Å². The number of amides is 1. The summed E-state index contributed by atoms with van der Waals surface area (Å²) in [5.41, 5.74) is 0.505. The molecule has 0 aromatic carbocycles. The maximum Gasteiger partial charge on any atom is 0.240 e. The van der Waals surface area contributed by atoms with Gasteiger partial charge in [-0.1, -0.05) is 13.8 Å². The van der Waals surface area contributed by atoms with E-state index in [1.165, 1.54) is 19.6 Å². The highest BCUT2D eigenvalue weighted by Gasteiger charge is 2.09. The summed E-state index contributed by atoms with van der Waals surface area (Å²) in [5, 5.41) is 2.70.